The fourth-order valence-corrected chi connectivity index (χ4v) is 5.68. The molecule has 0 aliphatic heterocycles. The predicted molar refractivity (Wildman–Crippen MR) is 138 cm³/mol. The number of thiazole rings is 1. The Morgan fingerprint density at radius 2 is 1.94 bits per heavy atom. The summed E-state index contributed by atoms with van der Waals surface area (Å²) in [6, 6.07) is 13.3. The minimum absolute atomic E-state index is 0.153. The van der Waals surface area contributed by atoms with Crippen LogP contribution in [0.25, 0.3) is 10.2 Å². The lowest BCUT2D eigenvalue weighted by Crippen LogP contribution is -2.14. The zero-order valence-corrected chi connectivity index (χ0v) is 21.8. The van der Waals surface area contributed by atoms with Crippen LogP contribution in [0.15, 0.2) is 52.0 Å². The van der Waals surface area contributed by atoms with Crippen LogP contribution in [0.5, 0.6) is 5.75 Å². The summed E-state index contributed by atoms with van der Waals surface area (Å²) in [7, 11) is 3.21. The van der Waals surface area contributed by atoms with Gasteiger partial charge in [0, 0.05) is 12.7 Å². The van der Waals surface area contributed by atoms with Gasteiger partial charge < -0.3 is 19.4 Å². The van der Waals surface area contributed by atoms with E-state index in [1.165, 1.54) is 42.0 Å². The molecule has 0 unspecified atom stereocenters. The quantitative estimate of drug-likeness (QED) is 0.237. The van der Waals surface area contributed by atoms with Crippen molar-refractivity contribution in [3.8, 4) is 5.75 Å². The number of anilines is 1. The first-order valence-corrected chi connectivity index (χ1v) is 13.3. The van der Waals surface area contributed by atoms with Crippen LogP contribution in [-0.2, 0) is 28.0 Å². The molecule has 0 saturated heterocycles. The highest BCUT2D eigenvalue weighted by Gasteiger charge is 2.14. The van der Waals surface area contributed by atoms with Gasteiger partial charge in [-0.1, -0.05) is 41.7 Å². The molecule has 2 aromatic heterocycles. The molecule has 4 aromatic rings. The fourth-order valence-electron chi connectivity index (χ4n) is 3.01. The van der Waals surface area contributed by atoms with Gasteiger partial charge in [-0.2, -0.15) is 0 Å². The molecule has 0 saturated carbocycles. The number of carbonyl (C=O) groups excluding carboxylic acids is 2. The van der Waals surface area contributed by atoms with Crippen molar-refractivity contribution in [2.45, 2.75) is 23.0 Å². The minimum atomic E-state index is -0.298. The summed E-state index contributed by atoms with van der Waals surface area (Å²) in [4.78, 5) is 28.4. The Hall–Kier alpha value is -3.09. The molecule has 1 amide bonds. The topological polar surface area (TPSA) is 108 Å². The monoisotopic (exact) mass is 529 g/mol. The summed E-state index contributed by atoms with van der Waals surface area (Å²) < 4.78 is 14.0. The maximum Gasteiger partial charge on any atom is 0.316 e. The highest BCUT2D eigenvalue weighted by molar-refractivity contribution is 8.01. The molecule has 0 atom stereocenters. The molecule has 0 aliphatic rings. The highest BCUT2D eigenvalue weighted by atomic mass is 32.2. The molecule has 4 rings (SSSR count). The molecule has 35 heavy (non-hydrogen) atoms. The maximum atomic E-state index is 12.5. The number of benzene rings is 2. The van der Waals surface area contributed by atoms with Crippen molar-refractivity contribution in [1.29, 1.82) is 0 Å². The van der Waals surface area contributed by atoms with E-state index in [-0.39, 0.29) is 30.0 Å². The van der Waals surface area contributed by atoms with Crippen molar-refractivity contribution in [3.05, 3.63) is 53.9 Å². The molecule has 182 valence electrons. The van der Waals surface area contributed by atoms with E-state index in [1.54, 1.807) is 0 Å². The van der Waals surface area contributed by atoms with Crippen LogP contribution in [0.4, 0.5) is 5.69 Å². The van der Waals surface area contributed by atoms with Gasteiger partial charge in [0.1, 0.15) is 12.4 Å². The molecule has 9 nitrogen and oxygen atoms in total. The molecule has 2 aromatic carbocycles. The van der Waals surface area contributed by atoms with Crippen LogP contribution in [0.3, 0.4) is 0 Å². The average Bonchev–Trinajstić information content (AvgIpc) is 3.43. The van der Waals surface area contributed by atoms with E-state index in [1.807, 2.05) is 61.0 Å². The standard InChI is InChI=1S/C23H23N5O4S3/c1-14-6-4-5-7-17(14)32-11-19-26-27-22(28(19)2)33-12-20(29)24-15-8-9-16-18(10-15)35-23(25-16)34-13-21(30)31-3/h4-10H,11-13H2,1-3H3,(H,24,29). The zero-order chi connectivity index (χ0) is 24.8. The number of carbonyl (C=O) groups is 2. The number of thioether (sulfide) groups is 2. The van der Waals surface area contributed by atoms with Crippen LogP contribution in [0, 0.1) is 6.92 Å². The van der Waals surface area contributed by atoms with Crippen LogP contribution in [0.2, 0.25) is 0 Å². The molecule has 0 bridgehead atoms. The average molecular weight is 530 g/mol. The second-order valence-electron chi connectivity index (χ2n) is 7.38. The van der Waals surface area contributed by atoms with Gasteiger partial charge in [-0.05, 0) is 36.8 Å². The Morgan fingerprint density at radius 3 is 2.74 bits per heavy atom. The third kappa shape index (κ3) is 6.53. The van der Waals surface area contributed by atoms with Gasteiger partial charge in [0.05, 0.1) is 28.8 Å². The molecule has 0 fully saturated rings. The number of nitrogens with one attached hydrogen (secondary N) is 1. The van der Waals surface area contributed by atoms with Gasteiger partial charge in [-0.3, -0.25) is 9.59 Å². The van der Waals surface area contributed by atoms with E-state index in [0.29, 0.717) is 16.7 Å². The number of ether oxygens (including phenoxy) is 2. The molecule has 1 N–H and O–H groups in total. The molecule has 0 aliphatic carbocycles. The van der Waals surface area contributed by atoms with Gasteiger partial charge in [-0.25, -0.2) is 4.98 Å². The molecular formula is C23H23N5O4S3. The molecule has 2 heterocycles. The van der Waals surface area contributed by atoms with Crippen LogP contribution in [-0.4, -0.2) is 50.2 Å². The Labute approximate surface area is 214 Å². The third-order valence-electron chi connectivity index (χ3n) is 4.90. The number of hydrogen-bond acceptors (Lipinski definition) is 10. The zero-order valence-electron chi connectivity index (χ0n) is 19.3. The van der Waals surface area contributed by atoms with Crippen molar-refractivity contribution in [2.75, 3.05) is 23.9 Å². The highest BCUT2D eigenvalue weighted by Crippen LogP contribution is 2.31. The molecule has 0 spiro atoms. The first kappa shape index (κ1) is 25.0. The SMILES string of the molecule is COC(=O)CSc1nc2ccc(NC(=O)CSc3nnc(COc4ccccc4C)n3C)cc2s1. The van der Waals surface area contributed by atoms with Gasteiger partial charge in [0.25, 0.3) is 0 Å². The fraction of sp³-hybridized carbons (Fsp3) is 0.261. The number of nitrogens with zero attached hydrogens (tertiary/aromatic N) is 4. The first-order chi connectivity index (χ1) is 16.9. The van der Waals surface area contributed by atoms with Crippen LogP contribution >= 0.6 is 34.9 Å². The summed E-state index contributed by atoms with van der Waals surface area (Å²) in [6.07, 6.45) is 0. The second-order valence-corrected chi connectivity index (χ2v) is 10.6. The molecular weight excluding hydrogens is 506 g/mol. The summed E-state index contributed by atoms with van der Waals surface area (Å²) in [5.41, 5.74) is 2.55. The van der Waals surface area contributed by atoms with Crippen molar-refractivity contribution in [3.63, 3.8) is 0 Å². The number of methoxy groups -OCH3 is 1. The third-order valence-corrected chi connectivity index (χ3v) is 8.06. The van der Waals surface area contributed by atoms with E-state index < -0.39 is 0 Å². The lowest BCUT2D eigenvalue weighted by Gasteiger charge is -2.08. The number of hydrogen-bond donors (Lipinski definition) is 1. The maximum absolute atomic E-state index is 12.5. The number of para-hydroxylation sites is 1. The normalized spacial score (nSPS) is 10.9. The Morgan fingerprint density at radius 1 is 1.11 bits per heavy atom. The van der Waals surface area contributed by atoms with Gasteiger partial charge in [0.2, 0.25) is 5.91 Å². The summed E-state index contributed by atoms with van der Waals surface area (Å²) in [5, 5.41) is 11.9. The number of aromatic nitrogens is 4. The van der Waals surface area contributed by atoms with E-state index in [2.05, 4.69) is 25.2 Å². The summed E-state index contributed by atoms with van der Waals surface area (Å²) >= 11 is 4.10. The lowest BCUT2D eigenvalue weighted by molar-refractivity contribution is -0.137. The Balaban J connectivity index is 1.30. The largest absolute Gasteiger partial charge is 0.485 e. The van der Waals surface area contributed by atoms with E-state index in [0.717, 1.165) is 25.9 Å². The Kier molecular flexibility index (Phi) is 8.26. The second kappa shape index (κ2) is 11.6. The van der Waals surface area contributed by atoms with E-state index in [4.69, 9.17) is 4.74 Å². The lowest BCUT2D eigenvalue weighted by atomic mass is 10.2. The van der Waals surface area contributed by atoms with Crippen molar-refractivity contribution in [1.82, 2.24) is 19.7 Å². The van der Waals surface area contributed by atoms with Crippen molar-refractivity contribution in [2.24, 2.45) is 7.05 Å². The predicted octanol–water partition coefficient (Wildman–Crippen LogP) is 4.31. The van der Waals surface area contributed by atoms with Crippen molar-refractivity contribution >= 4 is 62.6 Å². The first-order valence-electron chi connectivity index (χ1n) is 10.5. The van der Waals surface area contributed by atoms with Crippen LogP contribution in [0.1, 0.15) is 11.4 Å². The Bertz CT molecular complexity index is 1350. The van der Waals surface area contributed by atoms with Gasteiger partial charge >= 0.3 is 5.97 Å². The number of esters is 1. The number of fused-ring (bicyclic) bond motifs is 1. The summed E-state index contributed by atoms with van der Waals surface area (Å²) in [6.45, 7) is 2.28. The molecule has 12 heteroatoms. The number of rotatable bonds is 10. The van der Waals surface area contributed by atoms with E-state index in [9.17, 15) is 9.59 Å². The van der Waals surface area contributed by atoms with Gasteiger partial charge in [-0.15, -0.1) is 21.5 Å². The molecule has 0 radical (unpaired) electrons. The van der Waals surface area contributed by atoms with Crippen LogP contribution < -0.4 is 10.1 Å². The van der Waals surface area contributed by atoms with E-state index >= 15 is 0 Å². The van der Waals surface area contributed by atoms with Gasteiger partial charge in [0.15, 0.2) is 15.3 Å². The smallest absolute Gasteiger partial charge is 0.316 e. The van der Waals surface area contributed by atoms with Crippen molar-refractivity contribution < 1.29 is 19.1 Å². The number of aryl methyl sites for hydroxylation is 1. The summed E-state index contributed by atoms with van der Waals surface area (Å²) in [5.74, 6) is 1.42. The number of amides is 1. The minimum Gasteiger partial charge on any atom is -0.485 e.